The van der Waals surface area contributed by atoms with Gasteiger partial charge in [0.25, 0.3) is 0 Å². The van der Waals surface area contributed by atoms with Crippen molar-refractivity contribution in [2.45, 2.75) is 39.5 Å². The molecule has 4 heteroatoms. The number of rotatable bonds is 6. The van der Waals surface area contributed by atoms with E-state index >= 15 is 0 Å². The van der Waals surface area contributed by atoms with E-state index in [1.54, 1.807) is 0 Å². The van der Waals surface area contributed by atoms with Gasteiger partial charge < -0.3 is 9.88 Å². The van der Waals surface area contributed by atoms with Crippen LogP contribution in [0.1, 0.15) is 56.4 Å². The summed E-state index contributed by atoms with van der Waals surface area (Å²) in [6, 6.07) is 22.3. The minimum absolute atomic E-state index is 0.347. The van der Waals surface area contributed by atoms with Gasteiger partial charge in [-0.15, -0.1) is 0 Å². The van der Waals surface area contributed by atoms with Crippen LogP contribution in [0.5, 0.6) is 0 Å². The Hall–Kier alpha value is -3.58. The number of pyridine rings is 1. The van der Waals surface area contributed by atoms with Crippen molar-refractivity contribution in [1.29, 1.82) is 0 Å². The second-order valence-electron chi connectivity index (χ2n) is 7.80. The molecular formula is C29H32FN3. The standard InChI is InChI=1S/C27H26FN3.C2H6/c1-3-21(22-7-5-4-6-8-22)15-16-31(2)26-13-10-20(11-14-26)9-12-25-18-23-17-24(28)19-29-27(23)30-25;1-2/h4-8,10-11,13-14,17-19,21H,3,15-16H2,1-2H3,(H,29,30);1-2H3. The molecule has 0 saturated heterocycles. The van der Waals surface area contributed by atoms with E-state index in [0.29, 0.717) is 11.6 Å². The molecular weight excluding hydrogens is 409 g/mol. The molecule has 170 valence electrons. The highest BCUT2D eigenvalue weighted by Gasteiger charge is 2.10. The first-order valence-corrected chi connectivity index (χ1v) is 11.6. The summed E-state index contributed by atoms with van der Waals surface area (Å²) in [7, 11) is 2.13. The van der Waals surface area contributed by atoms with Gasteiger partial charge in [0.2, 0.25) is 0 Å². The second-order valence-corrected chi connectivity index (χ2v) is 7.80. The molecule has 4 aromatic rings. The third kappa shape index (κ3) is 6.46. The van der Waals surface area contributed by atoms with Crippen molar-refractivity contribution in [3.05, 3.63) is 95.6 Å². The summed E-state index contributed by atoms with van der Waals surface area (Å²) in [6.45, 7) is 7.25. The van der Waals surface area contributed by atoms with Crippen LogP contribution in [0.2, 0.25) is 0 Å². The molecule has 2 heterocycles. The number of benzene rings is 2. The molecule has 0 aliphatic rings. The fourth-order valence-electron chi connectivity index (χ4n) is 3.80. The molecule has 2 aromatic carbocycles. The van der Waals surface area contributed by atoms with E-state index in [9.17, 15) is 4.39 Å². The number of nitrogens with one attached hydrogen (secondary N) is 1. The van der Waals surface area contributed by atoms with Gasteiger partial charge in [0, 0.05) is 30.2 Å². The number of aromatic nitrogens is 2. The highest BCUT2D eigenvalue weighted by Crippen LogP contribution is 2.24. The maximum absolute atomic E-state index is 13.3. The maximum atomic E-state index is 13.3. The Morgan fingerprint density at radius 1 is 1.00 bits per heavy atom. The number of hydrogen-bond acceptors (Lipinski definition) is 2. The first-order chi connectivity index (χ1) is 16.1. The van der Waals surface area contributed by atoms with Crippen LogP contribution < -0.4 is 4.90 Å². The molecule has 4 rings (SSSR count). The summed E-state index contributed by atoms with van der Waals surface area (Å²) in [6.07, 6.45) is 3.46. The van der Waals surface area contributed by atoms with E-state index in [4.69, 9.17) is 0 Å². The summed E-state index contributed by atoms with van der Waals surface area (Å²) in [5, 5.41) is 0.724. The van der Waals surface area contributed by atoms with Crippen LogP contribution in [0, 0.1) is 17.7 Å². The number of H-pyrrole nitrogens is 1. The van der Waals surface area contributed by atoms with Gasteiger partial charge in [-0.2, -0.15) is 0 Å². The molecule has 2 aromatic heterocycles. The monoisotopic (exact) mass is 441 g/mol. The fraction of sp³-hybridized carbons (Fsp3) is 0.276. The van der Waals surface area contributed by atoms with Crippen molar-refractivity contribution in [3.63, 3.8) is 0 Å². The summed E-state index contributed by atoms with van der Waals surface area (Å²) >= 11 is 0. The van der Waals surface area contributed by atoms with E-state index in [0.717, 1.165) is 36.0 Å². The van der Waals surface area contributed by atoms with Gasteiger partial charge in [0.05, 0.1) is 11.9 Å². The predicted molar refractivity (Wildman–Crippen MR) is 137 cm³/mol. The number of nitrogens with zero attached hydrogens (tertiary/aromatic N) is 2. The Bertz CT molecular complexity index is 1200. The third-order valence-corrected chi connectivity index (χ3v) is 5.66. The minimum atomic E-state index is -0.347. The lowest BCUT2D eigenvalue weighted by Crippen LogP contribution is -2.20. The number of halogens is 1. The molecule has 1 atom stereocenters. The third-order valence-electron chi connectivity index (χ3n) is 5.66. The van der Waals surface area contributed by atoms with Crippen molar-refractivity contribution < 1.29 is 4.39 Å². The highest BCUT2D eigenvalue weighted by atomic mass is 19.1. The lowest BCUT2D eigenvalue weighted by atomic mass is 9.93. The van der Waals surface area contributed by atoms with Gasteiger partial charge in [-0.05, 0) is 66.6 Å². The summed E-state index contributed by atoms with van der Waals surface area (Å²) in [5.74, 6) is 6.49. The van der Waals surface area contributed by atoms with Crippen molar-refractivity contribution in [3.8, 4) is 11.8 Å². The van der Waals surface area contributed by atoms with Crippen LogP contribution in [-0.4, -0.2) is 23.6 Å². The van der Waals surface area contributed by atoms with E-state index in [1.165, 1.54) is 23.5 Å². The average Bonchev–Trinajstić information content (AvgIpc) is 3.27. The molecule has 0 fully saturated rings. The molecule has 0 bridgehead atoms. The lowest BCUT2D eigenvalue weighted by molar-refractivity contribution is 0.603. The van der Waals surface area contributed by atoms with Crippen molar-refractivity contribution in [2.75, 3.05) is 18.5 Å². The first kappa shape index (κ1) is 24.1. The van der Waals surface area contributed by atoms with E-state index < -0.39 is 0 Å². The summed E-state index contributed by atoms with van der Waals surface area (Å²) in [4.78, 5) is 9.44. The van der Waals surface area contributed by atoms with Crippen molar-refractivity contribution in [1.82, 2.24) is 9.97 Å². The Balaban J connectivity index is 0.00000149. The molecule has 0 amide bonds. The topological polar surface area (TPSA) is 31.9 Å². The molecule has 0 saturated carbocycles. The Morgan fingerprint density at radius 2 is 1.73 bits per heavy atom. The summed E-state index contributed by atoms with van der Waals surface area (Å²) in [5.41, 5.74) is 4.90. The average molecular weight is 442 g/mol. The van der Waals surface area contributed by atoms with Crippen LogP contribution in [0.3, 0.4) is 0 Å². The van der Waals surface area contributed by atoms with Gasteiger partial charge in [0.1, 0.15) is 11.5 Å². The second kappa shape index (κ2) is 11.9. The molecule has 33 heavy (non-hydrogen) atoms. The Morgan fingerprint density at radius 3 is 2.42 bits per heavy atom. The fourth-order valence-corrected chi connectivity index (χ4v) is 3.80. The van der Waals surface area contributed by atoms with Crippen LogP contribution in [0.4, 0.5) is 10.1 Å². The zero-order valence-electron chi connectivity index (χ0n) is 19.9. The molecule has 1 unspecified atom stereocenters. The highest BCUT2D eigenvalue weighted by molar-refractivity contribution is 5.77. The van der Waals surface area contributed by atoms with Crippen LogP contribution >= 0.6 is 0 Å². The first-order valence-electron chi connectivity index (χ1n) is 11.6. The van der Waals surface area contributed by atoms with Crippen LogP contribution in [0.25, 0.3) is 11.0 Å². The zero-order chi connectivity index (χ0) is 23.6. The maximum Gasteiger partial charge on any atom is 0.142 e. The molecule has 0 aliphatic heterocycles. The Labute approximate surface area is 196 Å². The van der Waals surface area contributed by atoms with Gasteiger partial charge in [-0.3, -0.25) is 0 Å². The number of aromatic amines is 1. The normalized spacial score (nSPS) is 11.2. The number of fused-ring (bicyclic) bond motifs is 1. The van der Waals surface area contributed by atoms with E-state index in [-0.39, 0.29) is 5.82 Å². The van der Waals surface area contributed by atoms with Gasteiger partial charge in [0.15, 0.2) is 0 Å². The molecule has 3 nitrogen and oxygen atoms in total. The summed E-state index contributed by atoms with van der Waals surface area (Å²) < 4.78 is 13.3. The zero-order valence-corrected chi connectivity index (χ0v) is 19.9. The van der Waals surface area contributed by atoms with Gasteiger partial charge in [-0.25, -0.2) is 9.37 Å². The Kier molecular flexibility index (Phi) is 8.66. The van der Waals surface area contributed by atoms with Gasteiger partial charge >= 0.3 is 0 Å². The molecule has 0 aliphatic carbocycles. The van der Waals surface area contributed by atoms with E-state index in [1.807, 2.05) is 32.0 Å². The molecule has 0 spiro atoms. The molecule has 0 radical (unpaired) electrons. The SMILES string of the molecule is CC.CCC(CCN(C)c1ccc(C#Cc2cc3cc(F)cnc3[nH]2)cc1)c1ccccc1. The quantitative estimate of drug-likeness (QED) is 0.322. The van der Waals surface area contributed by atoms with Crippen LogP contribution in [-0.2, 0) is 0 Å². The van der Waals surface area contributed by atoms with E-state index in [2.05, 4.69) is 83.1 Å². The van der Waals surface area contributed by atoms with Gasteiger partial charge in [-0.1, -0.05) is 57.0 Å². The van der Waals surface area contributed by atoms with Crippen molar-refractivity contribution in [2.24, 2.45) is 0 Å². The number of hydrogen-bond donors (Lipinski definition) is 1. The molecule has 1 N–H and O–H groups in total. The predicted octanol–water partition coefficient (Wildman–Crippen LogP) is 7.15. The van der Waals surface area contributed by atoms with Crippen LogP contribution in [0.15, 0.2) is 72.9 Å². The smallest absolute Gasteiger partial charge is 0.142 e. The van der Waals surface area contributed by atoms with Crippen molar-refractivity contribution >= 4 is 16.7 Å². The number of anilines is 1. The largest absolute Gasteiger partial charge is 0.375 e. The lowest BCUT2D eigenvalue weighted by Gasteiger charge is -2.23. The minimum Gasteiger partial charge on any atom is -0.375 e.